The number of ether oxygens (including phenoxy) is 1. The molecule has 0 saturated carbocycles. The van der Waals surface area contributed by atoms with E-state index >= 15 is 0 Å². The number of benzene rings is 1. The van der Waals surface area contributed by atoms with E-state index in [2.05, 4.69) is 23.4 Å². The largest absolute Gasteiger partial charge is 0.492 e. The van der Waals surface area contributed by atoms with Crippen LogP contribution in [0.2, 0.25) is 0 Å². The van der Waals surface area contributed by atoms with Gasteiger partial charge < -0.3 is 10.1 Å². The molecule has 1 N–H and O–H groups in total. The molecule has 0 saturated heterocycles. The highest BCUT2D eigenvalue weighted by Gasteiger charge is 2.06. The first-order valence-electron chi connectivity index (χ1n) is 6.72. The topological polar surface area (TPSA) is 39.1 Å². The van der Waals surface area contributed by atoms with Gasteiger partial charge in [-0.25, -0.2) is 0 Å². The number of hydrogen-bond donors (Lipinski definition) is 1. The van der Waals surface area contributed by atoms with E-state index in [0.717, 1.165) is 30.1 Å². The first-order chi connectivity index (χ1) is 9.24. The molecule has 0 aliphatic carbocycles. The Kier molecular flexibility index (Phi) is 4.44. The molecule has 0 bridgehead atoms. The van der Waals surface area contributed by atoms with Gasteiger partial charge in [-0.1, -0.05) is 19.1 Å². The van der Waals surface area contributed by atoms with E-state index in [1.165, 1.54) is 5.69 Å². The third kappa shape index (κ3) is 3.28. The summed E-state index contributed by atoms with van der Waals surface area (Å²) in [6.07, 6.45) is 0.962. The highest BCUT2D eigenvalue weighted by Crippen LogP contribution is 2.24. The van der Waals surface area contributed by atoms with Gasteiger partial charge in [-0.05, 0) is 31.5 Å². The van der Waals surface area contributed by atoms with Crippen molar-refractivity contribution in [2.45, 2.75) is 26.8 Å². The number of nitrogens with zero attached hydrogens (tertiary/aromatic N) is 2. The van der Waals surface area contributed by atoms with Crippen LogP contribution in [0.3, 0.4) is 0 Å². The average molecular weight is 259 g/mol. The lowest BCUT2D eigenvalue weighted by Gasteiger charge is -2.12. The second kappa shape index (κ2) is 6.27. The molecule has 4 nitrogen and oxygen atoms in total. The van der Waals surface area contributed by atoms with Crippen molar-refractivity contribution < 1.29 is 4.74 Å². The molecule has 1 heterocycles. The third-order valence-corrected chi connectivity index (χ3v) is 3.04. The Morgan fingerprint density at radius 1 is 1.26 bits per heavy atom. The maximum absolute atomic E-state index is 5.60. The summed E-state index contributed by atoms with van der Waals surface area (Å²) in [7, 11) is 1.98. The number of aromatic nitrogens is 2. The average Bonchev–Trinajstić information content (AvgIpc) is 2.79. The van der Waals surface area contributed by atoms with Crippen LogP contribution in [-0.4, -0.2) is 16.4 Å². The van der Waals surface area contributed by atoms with Gasteiger partial charge in [0.2, 0.25) is 0 Å². The monoisotopic (exact) mass is 259 g/mol. The van der Waals surface area contributed by atoms with Gasteiger partial charge in [0.15, 0.2) is 0 Å². The summed E-state index contributed by atoms with van der Waals surface area (Å²) in [6, 6.07) is 10.1. The number of anilines is 1. The Balaban J connectivity index is 2.07. The number of hydrogen-bond acceptors (Lipinski definition) is 3. The Hall–Kier alpha value is -1.97. The molecule has 19 heavy (non-hydrogen) atoms. The van der Waals surface area contributed by atoms with Crippen LogP contribution in [0.25, 0.3) is 0 Å². The Bertz CT molecular complexity index is 534. The van der Waals surface area contributed by atoms with Crippen molar-refractivity contribution in [3.05, 3.63) is 41.7 Å². The first-order valence-corrected chi connectivity index (χ1v) is 6.72. The van der Waals surface area contributed by atoms with Crippen LogP contribution in [0.15, 0.2) is 30.3 Å². The maximum Gasteiger partial charge on any atom is 0.142 e. The van der Waals surface area contributed by atoms with Crippen molar-refractivity contribution in [2.24, 2.45) is 7.05 Å². The summed E-state index contributed by atoms with van der Waals surface area (Å²) in [5.41, 5.74) is 3.31. The number of aryl methyl sites for hydroxylation is 2. The van der Waals surface area contributed by atoms with Crippen molar-refractivity contribution in [1.29, 1.82) is 0 Å². The van der Waals surface area contributed by atoms with E-state index in [1.54, 1.807) is 0 Å². The summed E-state index contributed by atoms with van der Waals surface area (Å²) < 4.78 is 7.52. The summed E-state index contributed by atoms with van der Waals surface area (Å²) in [4.78, 5) is 0. The second-order valence-electron chi connectivity index (χ2n) is 4.39. The second-order valence-corrected chi connectivity index (χ2v) is 4.39. The third-order valence-electron chi connectivity index (χ3n) is 3.04. The smallest absolute Gasteiger partial charge is 0.142 e. The lowest BCUT2D eigenvalue weighted by molar-refractivity contribution is 0.341. The summed E-state index contributed by atoms with van der Waals surface area (Å²) in [5, 5.41) is 7.85. The molecule has 0 unspecified atom stereocenters. The van der Waals surface area contributed by atoms with E-state index in [4.69, 9.17) is 4.74 Å². The van der Waals surface area contributed by atoms with Gasteiger partial charge in [0.25, 0.3) is 0 Å². The lowest BCUT2D eigenvalue weighted by atomic mass is 10.2. The van der Waals surface area contributed by atoms with Crippen LogP contribution >= 0.6 is 0 Å². The molecule has 0 atom stereocenters. The lowest BCUT2D eigenvalue weighted by Crippen LogP contribution is -2.06. The van der Waals surface area contributed by atoms with Crippen molar-refractivity contribution in [1.82, 2.24) is 9.78 Å². The number of para-hydroxylation sites is 2. The molecule has 0 spiro atoms. The zero-order valence-electron chi connectivity index (χ0n) is 11.8. The summed E-state index contributed by atoms with van der Waals surface area (Å²) in [6.45, 7) is 5.52. The molecule has 1 aromatic carbocycles. The zero-order chi connectivity index (χ0) is 13.7. The van der Waals surface area contributed by atoms with Crippen molar-refractivity contribution >= 4 is 5.69 Å². The molecule has 2 rings (SSSR count). The molecule has 0 aliphatic heterocycles. The van der Waals surface area contributed by atoms with Crippen LogP contribution in [-0.2, 0) is 20.0 Å². The fourth-order valence-corrected chi connectivity index (χ4v) is 1.99. The number of rotatable bonds is 6. The quantitative estimate of drug-likeness (QED) is 0.866. The van der Waals surface area contributed by atoms with Crippen molar-refractivity contribution in [2.75, 3.05) is 11.9 Å². The molecule has 0 amide bonds. The molecule has 0 radical (unpaired) electrons. The highest BCUT2D eigenvalue weighted by molar-refractivity contribution is 5.56. The standard InChI is InChI=1S/C15H21N3O/c1-4-12-10-13(18(3)17-12)11-16-14-8-6-7-9-15(14)19-5-2/h6-10,16H,4-5,11H2,1-3H3. The van der Waals surface area contributed by atoms with Gasteiger partial charge in [-0.3, -0.25) is 4.68 Å². The van der Waals surface area contributed by atoms with Gasteiger partial charge in [-0.2, -0.15) is 5.10 Å². The molecule has 2 aromatic rings. The predicted octanol–water partition coefficient (Wildman–Crippen LogP) is 2.99. The summed E-state index contributed by atoms with van der Waals surface area (Å²) >= 11 is 0. The van der Waals surface area contributed by atoms with Gasteiger partial charge in [-0.15, -0.1) is 0 Å². The van der Waals surface area contributed by atoms with Gasteiger partial charge in [0, 0.05) is 7.05 Å². The van der Waals surface area contributed by atoms with Gasteiger partial charge in [0.05, 0.1) is 30.2 Å². The van der Waals surface area contributed by atoms with Crippen LogP contribution in [0, 0.1) is 0 Å². The SMILES string of the molecule is CCOc1ccccc1NCc1cc(CC)nn1C. The van der Waals surface area contributed by atoms with Crippen molar-refractivity contribution in [3.63, 3.8) is 0 Å². The fraction of sp³-hybridized carbons (Fsp3) is 0.400. The molecule has 0 fully saturated rings. The predicted molar refractivity (Wildman–Crippen MR) is 77.5 cm³/mol. The highest BCUT2D eigenvalue weighted by atomic mass is 16.5. The Morgan fingerprint density at radius 2 is 2.05 bits per heavy atom. The Labute approximate surface area is 114 Å². The van der Waals surface area contributed by atoms with E-state index < -0.39 is 0 Å². The maximum atomic E-state index is 5.60. The molecular weight excluding hydrogens is 238 g/mol. The van der Waals surface area contributed by atoms with Gasteiger partial charge in [0.1, 0.15) is 5.75 Å². The Morgan fingerprint density at radius 3 is 2.74 bits per heavy atom. The van der Waals surface area contributed by atoms with Crippen LogP contribution < -0.4 is 10.1 Å². The zero-order valence-corrected chi connectivity index (χ0v) is 11.8. The molecule has 1 aromatic heterocycles. The normalized spacial score (nSPS) is 10.5. The van der Waals surface area contributed by atoms with Crippen LogP contribution in [0.1, 0.15) is 25.2 Å². The van der Waals surface area contributed by atoms with E-state index in [9.17, 15) is 0 Å². The molecule has 0 aliphatic rings. The molecular formula is C15H21N3O. The number of nitrogens with one attached hydrogen (secondary N) is 1. The molecule has 102 valence electrons. The van der Waals surface area contributed by atoms with Crippen molar-refractivity contribution in [3.8, 4) is 5.75 Å². The van der Waals surface area contributed by atoms with Crippen LogP contribution in [0.5, 0.6) is 5.75 Å². The van der Waals surface area contributed by atoms with E-state index in [0.29, 0.717) is 6.61 Å². The van der Waals surface area contributed by atoms with Crippen LogP contribution in [0.4, 0.5) is 5.69 Å². The minimum Gasteiger partial charge on any atom is -0.492 e. The minimum atomic E-state index is 0.671. The fourth-order valence-electron chi connectivity index (χ4n) is 1.99. The first kappa shape index (κ1) is 13.5. The summed E-state index contributed by atoms with van der Waals surface area (Å²) in [5.74, 6) is 0.892. The molecule has 4 heteroatoms. The minimum absolute atomic E-state index is 0.671. The van der Waals surface area contributed by atoms with Gasteiger partial charge >= 0.3 is 0 Å². The van der Waals surface area contributed by atoms with E-state index in [1.807, 2.05) is 42.9 Å². The van der Waals surface area contributed by atoms with E-state index in [-0.39, 0.29) is 0 Å².